The molecule has 2 rings (SSSR count). The molecular weight excluding hydrogens is 246 g/mol. The summed E-state index contributed by atoms with van der Waals surface area (Å²) in [6.45, 7) is 0.242. The van der Waals surface area contributed by atoms with Gasteiger partial charge in [0.15, 0.2) is 0 Å². The van der Waals surface area contributed by atoms with E-state index < -0.39 is 16.1 Å². The van der Waals surface area contributed by atoms with Crippen LogP contribution in [0.4, 0.5) is 4.79 Å². The van der Waals surface area contributed by atoms with Crippen LogP contribution in [0.2, 0.25) is 0 Å². The van der Waals surface area contributed by atoms with E-state index in [4.69, 9.17) is 4.84 Å². The monoisotopic (exact) mass is 263 g/mol. The second-order valence-electron chi connectivity index (χ2n) is 4.47. The number of fused-ring (bicyclic) bond motifs is 1. The van der Waals surface area contributed by atoms with Crippen LogP contribution in [-0.2, 0) is 14.9 Å². The van der Waals surface area contributed by atoms with Gasteiger partial charge >= 0.3 is 6.09 Å². The molecule has 2 fully saturated rings. The van der Waals surface area contributed by atoms with Gasteiger partial charge in [-0.3, -0.25) is 4.90 Å². The molecule has 2 atom stereocenters. The van der Waals surface area contributed by atoms with E-state index in [2.05, 4.69) is 10.2 Å². The van der Waals surface area contributed by atoms with Gasteiger partial charge in [-0.1, -0.05) is 6.42 Å². The summed E-state index contributed by atoms with van der Waals surface area (Å²) >= 11 is 0. The first-order valence-corrected chi connectivity index (χ1v) is 7.56. The normalized spacial score (nSPS) is 29.7. The highest BCUT2D eigenvalue weighted by Crippen LogP contribution is 2.24. The summed E-state index contributed by atoms with van der Waals surface area (Å²) in [6, 6.07) is -0.139. The van der Waals surface area contributed by atoms with Gasteiger partial charge in [-0.05, 0) is 19.3 Å². The van der Waals surface area contributed by atoms with Crippen molar-refractivity contribution in [2.24, 2.45) is 0 Å². The van der Waals surface area contributed by atoms with Crippen molar-refractivity contribution in [2.45, 2.75) is 37.9 Å². The Morgan fingerprint density at radius 3 is 2.88 bits per heavy atom. The lowest BCUT2D eigenvalue weighted by molar-refractivity contribution is 0.117. The first kappa shape index (κ1) is 12.6. The molecule has 2 aliphatic rings. The maximum absolute atomic E-state index is 11.6. The van der Waals surface area contributed by atoms with Crippen molar-refractivity contribution in [1.29, 1.82) is 0 Å². The Kier molecular flexibility index (Phi) is 3.55. The molecule has 0 aromatic rings. The zero-order valence-corrected chi connectivity index (χ0v) is 10.5. The van der Waals surface area contributed by atoms with Gasteiger partial charge in [0.25, 0.3) is 0 Å². The van der Waals surface area contributed by atoms with E-state index in [1.54, 1.807) is 4.90 Å². The summed E-state index contributed by atoms with van der Waals surface area (Å²) in [5.74, 6) is 0. The number of nitrogens with one attached hydrogen (secondary N) is 2. The molecule has 0 aliphatic carbocycles. The van der Waals surface area contributed by atoms with Gasteiger partial charge in [-0.2, -0.15) is 0 Å². The van der Waals surface area contributed by atoms with Gasteiger partial charge in [-0.25, -0.2) is 17.9 Å². The maximum Gasteiger partial charge on any atom is 0.430 e. The van der Waals surface area contributed by atoms with Crippen LogP contribution >= 0.6 is 0 Å². The van der Waals surface area contributed by atoms with Crippen LogP contribution < -0.4 is 10.2 Å². The van der Waals surface area contributed by atoms with Gasteiger partial charge in [0.05, 0.1) is 12.3 Å². The van der Waals surface area contributed by atoms with Crippen LogP contribution in [0.3, 0.4) is 0 Å². The van der Waals surface area contributed by atoms with Crippen molar-refractivity contribution in [2.75, 3.05) is 12.8 Å². The third-order valence-corrected chi connectivity index (χ3v) is 3.76. The zero-order valence-electron chi connectivity index (χ0n) is 9.68. The highest BCUT2D eigenvalue weighted by molar-refractivity contribution is 7.88. The summed E-state index contributed by atoms with van der Waals surface area (Å²) in [6.07, 6.45) is 4.17. The molecule has 2 saturated heterocycles. The maximum atomic E-state index is 11.6. The van der Waals surface area contributed by atoms with E-state index in [9.17, 15) is 13.2 Å². The quantitative estimate of drug-likeness (QED) is 0.734. The fourth-order valence-corrected chi connectivity index (χ4v) is 2.76. The van der Waals surface area contributed by atoms with Crippen LogP contribution in [0.1, 0.15) is 25.7 Å². The van der Waals surface area contributed by atoms with E-state index >= 15 is 0 Å². The van der Waals surface area contributed by atoms with Gasteiger partial charge in [0, 0.05) is 6.54 Å². The summed E-state index contributed by atoms with van der Waals surface area (Å²) in [4.78, 5) is 17.9. The Morgan fingerprint density at radius 2 is 2.18 bits per heavy atom. The number of rotatable bonds is 3. The summed E-state index contributed by atoms with van der Waals surface area (Å²) < 4.78 is 24.6. The van der Waals surface area contributed by atoms with Gasteiger partial charge < -0.3 is 4.84 Å². The molecule has 0 saturated carbocycles. The number of sulfonamides is 1. The molecule has 8 heteroatoms. The minimum Gasteiger partial charge on any atom is -0.352 e. The predicted octanol–water partition coefficient (Wildman–Crippen LogP) is -0.239. The summed E-state index contributed by atoms with van der Waals surface area (Å²) in [5, 5.41) is 0. The number of amides is 1. The molecule has 0 spiro atoms. The molecule has 2 heterocycles. The van der Waals surface area contributed by atoms with Crippen molar-refractivity contribution in [3.63, 3.8) is 0 Å². The number of carbonyl (C=O) groups excluding carboxylic acids is 1. The fourth-order valence-electron chi connectivity index (χ4n) is 2.26. The molecule has 98 valence electrons. The smallest absolute Gasteiger partial charge is 0.352 e. The van der Waals surface area contributed by atoms with Gasteiger partial charge in [0.1, 0.15) is 6.17 Å². The predicted molar refractivity (Wildman–Crippen MR) is 60.3 cm³/mol. The molecule has 7 nitrogen and oxygen atoms in total. The minimum absolute atomic E-state index is 0.128. The SMILES string of the molecule is CS(=O)(=O)NCC1CCCCC2NOC(=O)N12. The van der Waals surface area contributed by atoms with Crippen LogP contribution in [0.25, 0.3) is 0 Å². The lowest BCUT2D eigenvalue weighted by Crippen LogP contribution is -2.48. The largest absolute Gasteiger partial charge is 0.430 e. The number of hydrogen-bond donors (Lipinski definition) is 2. The Balaban J connectivity index is 2.05. The molecule has 0 radical (unpaired) electrons. The standard InChI is InChI=1S/C9H17N3O4S/c1-17(14,15)10-6-7-4-2-3-5-8-11-16-9(13)12(7)8/h7-8,10-11H,2-6H2,1H3. The van der Waals surface area contributed by atoms with Gasteiger partial charge in [-0.15, -0.1) is 5.48 Å². The van der Waals surface area contributed by atoms with E-state index in [0.717, 1.165) is 31.9 Å². The van der Waals surface area contributed by atoms with E-state index in [1.165, 1.54) is 0 Å². The summed E-state index contributed by atoms with van der Waals surface area (Å²) in [5.41, 5.74) is 2.67. The number of hydroxylamine groups is 1. The first-order valence-electron chi connectivity index (χ1n) is 5.67. The second-order valence-corrected chi connectivity index (χ2v) is 6.30. The molecule has 2 unspecified atom stereocenters. The van der Waals surface area contributed by atoms with E-state index in [0.29, 0.717) is 0 Å². The van der Waals surface area contributed by atoms with Crippen molar-refractivity contribution in [3.05, 3.63) is 0 Å². The van der Waals surface area contributed by atoms with Crippen LogP contribution in [-0.4, -0.2) is 44.4 Å². The first-order chi connectivity index (χ1) is 7.97. The molecule has 2 aliphatic heterocycles. The molecular formula is C9H17N3O4S. The van der Waals surface area contributed by atoms with Crippen molar-refractivity contribution in [1.82, 2.24) is 15.1 Å². The molecule has 1 amide bonds. The fraction of sp³-hybridized carbons (Fsp3) is 0.889. The van der Waals surface area contributed by atoms with Crippen LogP contribution in [0.15, 0.2) is 0 Å². The number of nitrogens with zero attached hydrogens (tertiary/aromatic N) is 1. The van der Waals surface area contributed by atoms with E-state index in [-0.39, 0.29) is 18.8 Å². The molecule has 0 aromatic carbocycles. The van der Waals surface area contributed by atoms with Crippen molar-refractivity contribution in [3.8, 4) is 0 Å². The van der Waals surface area contributed by atoms with Gasteiger partial charge in [0.2, 0.25) is 10.0 Å². The lowest BCUT2D eigenvalue weighted by atomic mass is 10.1. The Hall–Kier alpha value is -0.860. The Bertz CT molecular complexity index is 397. The second kappa shape index (κ2) is 4.79. The third-order valence-electron chi connectivity index (χ3n) is 3.07. The third kappa shape index (κ3) is 3.08. The van der Waals surface area contributed by atoms with E-state index in [1.807, 2.05) is 0 Å². The highest BCUT2D eigenvalue weighted by atomic mass is 32.2. The lowest BCUT2D eigenvalue weighted by Gasteiger charge is -2.27. The Morgan fingerprint density at radius 1 is 1.47 bits per heavy atom. The number of hydrogen-bond acceptors (Lipinski definition) is 5. The molecule has 2 N–H and O–H groups in total. The summed E-state index contributed by atoms with van der Waals surface area (Å²) in [7, 11) is -3.23. The Labute approximate surface area is 100 Å². The molecule has 0 aromatic heterocycles. The van der Waals surface area contributed by atoms with Crippen molar-refractivity contribution >= 4 is 16.1 Å². The van der Waals surface area contributed by atoms with Crippen molar-refractivity contribution < 1.29 is 18.0 Å². The van der Waals surface area contributed by atoms with Crippen LogP contribution in [0.5, 0.6) is 0 Å². The molecule has 17 heavy (non-hydrogen) atoms. The zero-order chi connectivity index (χ0) is 12.5. The number of carbonyl (C=O) groups is 1. The van der Waals surface area contributed by atoms with Crippen LogP contribution in [0, 0.1) is 0 Å². The highest BCUT2D eigenvalue weighted by Gasteiger charge is 2.39. The minimum atomic E-state index is -3.23. The topological polar surface area (TPSA) is 87.7 Å². The average Bonchev–Trinajstić information content (AvgIpc) is 2.48. The molecule has 0 bridgehead atoms. The average molecular weight is 263 g/mol.